The molecule has 5 heteroatoms. The van der Waals surface area contributed by atoms with Crippen LogP contribution in [0.5, 0.6) is 0 Å². The van der Waals surface area contributed by atoms with Gasteiger partial charge in [-0.3, -0.25) is 5.84 Å². The fourth-order valence-electron chi connectivity index (χ4n) is 2.75. The highest BCUT2D eigenvalue weighted by molar-refractivity contribution is 5.82. The lowest BCUT2D eigenvalue weighted by atomic mass is 9.95. The molecule has 0 amide bonds. The second kappa shape index (κ2) is 4.92. The van der Waals surface area contributed by atoms with Crippen LogP contribution in [0.3, 0.4) is 0 Å². The minimum atomic E-state index is -0.260. The molecule has 102 valence electrons. The first kappa shape index (κ1) is 12.6. The van der Waals surface area contributed by atoms with Crippen LogP contribution in [0, 0.1) is 18.7 Å². The van der Waals surface area contributed by atoms with E-state index in [2.05, 4.69) is 5.43 Å². The molecule has 3 N–H and O–H groups in total. The third-order valence-electron chi connectivity index (χ3n) is 3.83. The van der Waals surface area contributed by atoms with Gasteiger partial charge in [-0.1, -0.05) is 0 Å². The topological polar surface area (TPSA) is 60.4 Å². The maximum atomic E-state index is 13.3. The molecule has 1 saturated heterocycles. The SMILES string of the molecule is Cc1c(C(NN)C2CCOC2)oc2ccc(F)cc12. The van der Waals surface area contributed by atoms with Gasteiger partial charge in [0.1, 0.15) is 17.2 Å². The van der Waals surface area contributed by atoms with Gasteiger partial charge in [-0.25, -0.2) is 9.82 Å². The molecule has 4 nitrogen and oxygen atoms in total. The van der Waals surface area contributed by atoms with Crippen LogP contribution in [0.25, 0.3) is 11.0 Å². The molecule has 0 radical (unpaired) electrons. The largest absolute Gasteiger partial charge is 0.459 e. The van der Waals surface area contributed by atoms with Crippen LogP contribution in [0.2, 0.25) is 0 Å². The van der Waals surface area contributed by atoms with Crippen LogP contribution in [0.1, 0.15) is 23.8 Å². The molecule has 2 aromatic rings. The third-order valence-corrected chi connectivity index (χ3v) is 3.83. The molecule has 3 rings (SSSR count). The third kappa shape index (κ3) is 2.14. The van der Waals surface area contributed by atoms with Crippen molar-refractivity contribution in [2.24, 2.45) is 11.8 Å². The lowest BCUT2D eigenvalue weighted by Gasteiger charge is -2.19. The van der Waals surface area contributed by atoms with Crippen molar-refractivity contribution in [1.82, 2.24) is 5.43 Å². The van der Waals surface area contributed by atoms with Crippen LogP contribution in [0.4, 0.5) is 4.39 Å². The summed E-state index contributed by atoms with van der Waals surface area (Å²) in [7, 11) is 0. The molecule has 0 spiro atoms. The number of nitrogens with two attached hydrogens (primary N) is 1. The first-order chi connectivity index (χ1) is 9.20. The Hall–Kier alpha value is -1.43. The van der Waals surface area contributed by atoms with Crippen molar-refractivity contribution >= 4 is 11.0 Å². The molecule has 19 heavy (non-hydrogen) atoms. The Morgan fingerprint density at radius 3 is 3.00 bits per heavy atom. The highest BCUT2D eigenvalue weighted by Crippen LogP contribution is 2.35. The van der Waals surface area contributed by atoms with Crippen molar-refractivity contribution in [3.05, 3.63) is 35.3 Å². The van der Waals surface area contributed by atoms with Crippen molar-refractivity contribution < 1.29 is 13.5 Å². The molecule has 0 aliphatic carbocycles. The van der Waals surface area contributed by atoms with Gasteiger partial charge in [-0.15, -0.1) is 0 Å². The molecule has 1 aliphatic rings. The van der Waals surface area contributed by atoms with Crippen molar-refractivity contribution in [3.8, 4) is 0 Å². The van der Waals surface area contributed by atoms with Crippen molar-refractivity contribution in [2.45, 2.75) is 19.4 Å². The molecular formula is C14H17FN2O2. The van der Waals surface area contributed by atoms with Crippen molar-refractivity contribution in [2.75, 3.05) is 13.2 Å². The van der Waals surface area contributed by atoms with Crippen LogP contribution < -0.4 is 11.3 Å². The number of aryl methyl sites for hydroxylation is 1. The van der Waals surface area contributed by atoms with E-state index in [0.29, 0.717) is 12.2 Å². The monoisotopic (exact) mass is 264 g/mol. The molecular weight excluding hydrogens is 247 g/mol. The minimum absolute atomic E-state index is 0.0991. The highest BCUT2D eigenvalue weighted by atomic mass is 19.1. The van der Waals surface area contributed by atoms with E-state index in [-0.39, 0.29) is 17.8 Å². The molecule has 1 fully saturated rings. The van der Waals surface area contributed by atoms with E-state index >= 15 is 0 Å². The van der Waals surface area contributed by atoms with Crippen LogP contribution in [0.15, 0.2) is 22.6 Å². The lowest BCUT2D eigenvalue weighted by molar-refractivity contribution is 0.173. The fourth-order valence-corrected chi connectivity index (χ4v) is 2.75. The summed E-state index contributed by atoms with van der Waals surface area (Å²) >= 11 is 0. The van der Waals surface area contributed by atoms with E-state index < -0.39 is 0 Å². The van der Waals surface area contributed by atoms with Gasteiger partial charge in [-0.05, 0) is 31.5 Å². The number of furan rings is 1. The number of rotatable bonds is 3. The smallest absolute Gasteiger partial charge is 0.134 e. The number of halogens is 1. The standard InChI is InChI=1S/C14H17FN2O2/c1-8-11-6-10(15)2-3-12(11)19-14(8)13(17-16)9-4-5-18-7-9/h2-3,6,9,13,17H,4-5,7,16H2,1H3. The summed E-state index contributed by atoms with van der Waals surface area (Å²) in [4.78, 5) is 0. The Bertz CT molecular complexity index is 590. The van der Waals surface area contributed by atoms with Crippen molar-refractivity contribution in [3.63, 3.8) is 0 Å². The first-order valence-electron chi connectivity index (χ1n) is 6.43. The Labute approximate surface area is 110 Å². The fraction of sp³-hybridized carbons (Fsp3) is 0.429. The predicted molar refractivity (Wildman–Crippen MR) is 69.9 cm³/mol. The highest BCUT2D eigenvalue weighted by Gasteiger charge is 2.30. The minimum Gasteiger partial charge on any atom is -0.459 e. The van der Waals surface area contributed by atoms with E-state index in [1.807, 2.05) is 6.92 Å². The molecule has 0 bridgehead atoms. The number of hydrogen-bond acceptors (Lipinski definition) is 4. The summed E-state index contributed by atoms with van der Waals surface area (Å²) in [6.07, 6.45) is 0.944. The van der Waals surface area contributed by atoms with Gasteiger partial charge < -0.3 is 9.15 Å². The average Bonchev–Trinajstić information content (AvgIpc) is 3.02. The van der Waals surface area contributed by atoms with Crippen LogP contribution in [-0.4, -0.2) is 13.2 Å². The zero-order valence-electron chi connectivity index (χ0n) is 10.8. The molecule has 1 aromatic carbocycles. The van der Waals surface area contributed by atoms with E-state index in [1.165, 1.54) is 12.1 Å². The van der Waals surface area contributed by atoms with Gasteiger partial charge in [-0.2, -0.15) is 0 Å². The van der Waals surface area contributed by atoms with E-state index in [0.717, 1.165) is 29.7 Å². The Morgan fingerprint density at radius 2 is 2.32 bits per heavy atom. The molecule has 2 atom stereocenters. The normalized spacial score (nSPS) is 21.1. The summed E-state index contributed by atoms with van der Waals surface area (Å²) in [6.45, 7) is 3.34. The first-order valence-corrected chi connectivity index (χ1v) is 6.43. The number of hydrazine groups is 1. The second-order valence-electron chi connectivity index (χ2n) is 5.00. The number of nitrogens with one attached hydrogen (secondary N) is 1. The van der Waals surface area contributed by atoms with E-state index in [1.54, 1.807) is 6.07 Å². The van der Waals surface area contributed by atoms with Gasteiger partial charge in [0.2, 0.25) is 0 Å². The number of benzene rings is 1. The van der Waals surface area contributed by atoms with Crippen LogP contribution >= 0.6 is 0 Å². The van der Waals surface area contributed by atoms with Gasteiger partial charge >= 0.3 is 0 Å². The molecule has 2 unspecified atom stereocenters. The zero-order chi connectivity index (χ0) is 13.4. The predicted octanol–water partition coefficient (Wildman–Crippen LogP) is 2.42. The van der Waals surface area contributed by atoms with Gasteiger partial charge in [0, 0.05) is 23.5 Å². The Balaban J connectivity index is 2.05. The molecule has 0 saturated carbocycles. The number of ether oxygens (including phenoxy) is 1. The summed E-state index contributed by atoms with van der Waals surface area (Å²) in [6, 6.07) is 4.45. The lowest BCUT2D eigenvalue weighted by Crippen LogP contribution is -2.34. The number of hydrogen-bond donors (Lipinski definition) is 2. The van der Waals surface area contributed by atoms with Crippen molar-refractivity contribution in [1.29, 1.82) is 0 Å². The van der Waals surface area contributed by atoms with Crippen LogP contribution in [-0.2, 0) is 4.74 Å². The maximum absolute atomic E-state index is 13.3. The summed E-state index contributed by atoms with van der Waals surface area (Å²) in [5.41, 5.74) is 4.43. The zero-order valence-corrected chi connectivity index (χ0v) is 10.8. The summed E-state index contributed by atoms with van der Waals surface area (Å²) in [5, 5.41) is 0.800. The quantitative estimate of drug-likeness (QED) is 0.660. The summed E-state index contributed by atoms with van der Waals surface area (Å²) < 4.78 is 24.6. The second-order valence-corrected chi connectivity index (χ2v) is 5.00. The Kier molecular flexibility index (Phi) is 3.26. The van der Waals surface area contributed by atoms with E-state index in [4.69, 9.17) is 15.0 Å². The molecule has 1 aromatic heterocycles. The molecule has 1 aliphatic heterocycles. The molecule has 2 heterocycles. The number of fused-ring (bicyclic) bond motifs is 1. The average molecular weight is 264 g/mol. The van der Waals surface area contributed by atoms with Gasteiger partial charge in [0.25, 0.3) is 0 Å². The maximum Gasteiger partial charge on any atom is 0.134 e. The van der Waals surface area contributed by atoms with Gasteiger partial charge in [0.05, 0.1) is 12.6 Å². The Morgan fingerprint density at radius 1 is 1.47 bits per heavy atom. The van der Waals surface area contributed by atoms with E-state index in [9.17, 15) is 4.39 Å². The summed E-state index contributed by atoms with van der Waals surface area (Å²) in [5.74, 6) is 6.47. The van der Waals surface area contributed by atoms with Gasteiger partial charge in [0.15, 0.2) is 0 Å².